The minimum absolute atomic E-state index is 0.706. The predicted molar refractivity (Wildman–Crippen MR) is 71.7 cm³/mol. The van der Waals surface area contributed by atoms with Gasteiger partial charge < -0.3 is 5.73 Å². The quantitative estimate of drug-likeness (QED) is 0.821. The summed E-state index contributed by atoms with van der Waals surface area (Å²) in [6, 6.07) is 7.64. The Kier molecular flexibility index (Phi) is 3.92. The number of tetrazole rings is 1. The molecule has 0 saturated carbocycles. The van der Waals surface area contributed by atoms with Gasteiger partial charge in [0.15, 0.2) is 5.82 Å². The van der Waals surface area contributed by atoms with Crippen LogP contribution in [0, 0.1) is 5.92 Å². The highest BCUT2D eigenvalue weighted by Gasteiger charge is 2.08. The van der Waals surface area contributed by atoms with E-state index in [2.05, 4.69) is 29.4 Å². The van der Waals surface area contributed by atoms with Crippen molar-refractivity contribution < 1.29 is 0 Å². The van der Waals surface area contributed by atoms with Gasteiger partial charge in [0.2, 0.25) is 0 Å². The van der Waals surface area contributed by atoms with E-state index in [1.54, 1.807) is 0 Å². The molecule has 5 nitrogen and oxygen atoms in total. The molecule has 0 aliphatic rings. The second-order valence-corrected chi connectivity index (χ2v) is 4.89. The van der Waals surface area contributed by atoms with Crippen molar-refractivity contribution in [1.29, 1.82) is 0 Å². The van der Waals surface area contributed by atoms with Crippen LogP contribution in [-0.2, 0) is 6.54 Å². The number of nitrogen functional groups attached to an aromatic ring is 1. The van der Waals surface area contributed by atoms with Gasteiger partial charge in [-0.25, -0.2) is 4.68 Å². The molecule has 0 saturated heterocycles. The zero-order valence-corrected chi connectivity index (χ0v) is 10.9. The highest BCUT2D eigenvalue weighted by Crippen LogP contribution is 2.18. The number of aromatic nitrogens is 4. The van der Waals surface area contributed by atoms with Crippen LogP contribution >= 0.6 is 0 Å². The van der Waals surface area contributed by atoms with Crippen molar-refractivity contribution in [2.24, 2.45) is 5.92 Å². The Morgan fingerprint density at radius 3 is 2.89 bits per heavy atom. The van der Waals surface area contributed by atoms with E-state index >= 15 is 0 Å². The molecule has 0 aliphatic heterocycles. The standard InChI is InChI=1S/C13H19N5/c1-10(2)5-4-8-18-13(15-16-17-18)11-6-3-7-12(14)9-11/h3,6-7,9-10H,4-5,8,14H2,1-2H3. The fraction of sp³-hybridized carbons (Fsp3) is 0.462. The molecular weight excluding hydrogens is 226 g/mol. The summed E-state index contributed by atoms with van der Waals surface area (Å²) >= 11 is 0. The van der Waals surface area contributed by atoms with Crippen LogP contribution in [0.5, 0.6) is 0 Å². The molecule has 1 aromatic carbocycles. The minimum atomic E-state index is 0.706. The van der Waals surface area contributed by atoms with Crippen molar-refractivity contribution in [3.63, 3.8) is 0 Å². The number of aryl methyl sites for hydroxylation is 1. The third kappa shape index (κ3) is 3.06. The Morgan fingerprint density at radius 1 is 1.33 bits per heavy atom. The summed E-state index contributed by atoms with van der Waals surface area (Å²) in [6.45, 7) is 5.28. The van der Waals surface area contributed by atoms with Gasteiger partial charge in [0, 0.05) is 17.8 Å². The molecule has 0 fully saturated rings. The van der Waals surface area contributed by atoms with Crippen LogP contribution in [0.25, 0.3) is 11.4 Å². The molecule has 1 aromatic heterocycles. The van der Waals surface area contributed by atoms with E-state index in [-0.39, 0.29) is 0 Å². The van der Waals surface area contributed by atoms with Crippen molar-refractivity contribution in [2.75, 3.05) is 5.73 Å². The number of hydrogen-bond acceptors (Lipinski definition) is 4. The van der Waals surface area contributed by atoms with Crippen molar-refractivity contribution in [3.8, 4) is 11.4 Å². The summed E-state index contributed by atoms with van der Waals surface area (Å²) < 4.78 is 1.84. The lowest BCUT2D eigenvalue weighted by Crippen LogP contribution is -2.04. The first-order chi connectivity index (χ1) is 8.66. The van der Waals surface area contributed by atoms with Crippen LogP contribution < -0.4 is 5.73 Å². The van der Waals surface area contributed by atoms with E-state index in [0.29, 0.717) is 5.92 Å². The number of hydrogen-bond donors (Lipinski definition) is 1. The van der Waals surface area contributed by atoms with Crippen molar-refractivity contribution in [1.82, 2.24) is 20.2 Å². The molecule has 0 unspecified atom stereocenters. The third-order valence-electron chi connectivity index (χ3n) is 2.83. The summed E-state index contributed by atoms with van der Waals surface area (Å²) in [5.74, 6) is 1.49. The van der Waals surface area contributed by atoms with E-state index in [1.165, 1.54) is 6.42 Å². The molecule has 0 radical (unpaired) electrons. The van der Waals surface area contributed by atoms with Crippen molar-refractivity contribution in [2.45, 2.75) is 33.2 Å². The van der Waals surface area contributed by atoms with Gasteiger partial charge >= 0.3 is 0 Å². The average Bonchev–Trinajstić information content (AvgIpc) is 2.77. The van der Waals surface area contributed by atoms with Gasteiger partial charge in [-0.3, -0.25) is 0 Å². The Balaban J connectivity index is 2.12. The van der Waals surface area contributed by atoms with Crippen LogP contribution in [0.1, 0.15) is 26.7 Å². The largest absolute Gasteiger partial charge is 0.399 e. The molecule has 0 amide bonds. The number of nitrogens with two attached hydrogens (primary N) is 1. The fourth-order valence-corrected chi connectivity index (χ4v) is 1.89. The molecule has 2 rings (SSSR count). The van der Waals surface area contributed by atoms with E-state index in [1.807, 2.05) is 28.9 Å². The zero-order chi connectivity index (χ0) is 13.0. The molecule has 2 N–H and O–H groups in total. The fourth-order valence-electron chi connectivity index (χ4n) is 1.89. The lowest BCUT2D eigenvalue weighted by molar-refractivity contribution is 0.485. The molecule has 1 heterocycles. The first-order valence-electron chi connectivity index (χ1n) is 6.29. The van der Waals surface area contributed by atoms with E-state index in [0.717, 1.165) is 30.0 Å². The molecular formula is C13H19N5. The number of anilines is 1. The van der Waals surface area contributed by atoms with Gasteiger partial charge in [-0.1, -0.05) is 26.0 Å². The number of benzene rings is 1. The average molecular weight is 245 g/mol. The van der Waals surface area contributed by atoms with Gasteiger partial charge in [0.1, 0.15) is 0 Å². The lowest BCUT2D eigenvalue weighted by atomic mass is 10.1. The van der Waals surface area contributed by atoms with Crippen LogP contribution in [-0.4, -0.2) is 20.2 Å². The smallest absolute Gasteiger partial charge is 0.182 e. The number of nitrogens with zero attached hydrogens (tertiary/aromatic N) is 4. The van der Waals surface area contributed by atoms with Gasteiger partial charge in [0.05, 0.1) is 0 Å². The van der Waals surface area contributed by atoms with E-state index in [4.69, 9.17) is 5.73 Å². The zero-order valence-electron chi connectivity index (χ0n) is 10.9. The van der Waals surface area contributed by atoms with Gasteiger partial charge in [-0.2, -0.15) is 0 Å². The monoisotopic (exact) mass is 245 g/mol. The van der Waals surface area contributed by atoms with Crippen molar-refractivity contribution >= 4 is 5.69 Å². The molecule has 0 spiro atoms. The normalized spacial score (nSPS) is 11.1. The first-order valence-corrected chi connectivity index (χ1v) is 6.29. The lowest BCUT2D eigenvalue weighted by Gasteiger charge is -2.06. The van der Waals surface area contributed by atoms with Crippen LogP contribution in [0.3, 0.4) is 0 Å². The van der Waals surface area contributed by atoms with Gasteiger partial charge in [0.25, 0.3) is 0 Å². The topological polar surface area (TPSA) is 69.6 Å². The summed E-state index contributed by atoms with van der Waals surface area (Å²) in [7, 11) is 0. The SMILES string of the molecule is CC(C)CCCn1nnnc1-c1cccc(N)c1. The molecule has 2 aromatic rings. The number of rotatable bonds is 5. The molecule has 0 aliphatic carbocycles. The molecule has 0 atom stereocenters. The van der Waals surface area contributed by atoms with Crippen LogP contribution in [0.4, 0.5) is 5.69 Å². The Hall–Kier alpha value is -1.91. The second-order valence-electron chi connectivity index (χ2n) is 4.89. The maximum atomic E-state index is 5.78. The third-order valence-corrected chi connectivity index (χ3v) is 2.83. The van der Waals surface area contributed by atoms with E-state index in [9.17, 15) is 0 Å². The van der Waals surface area contributed by atoms with Gasteiger partial charge in [-0.05, 0) is 41.3 Å². The molecule has 0 bridgehead atoms. The van der Waals surface area contributed by atoms with Crippen molar-refractivity contribution in [3.05, 3.63) is 24.3 Å². The highest BCUT2D eigenvalue weighted by molar-refractivity contribution is 5.60. The Labute approximate surface area is 107 Å². The molecule has 5 heteroatoms. The highest BCUT2D eigenvalue weighted by atomic mass is 15.5. The Morgan fingerprint density at radius 2 is 2.17 bits per heavy atom. The summed E-state index contributed by atoms with van der Waals surface area (Å²) in [4.78, 5) is 0. The molecule has 96 valence electrons. The minimum Gasteiger partial charge on any atom is -0.399 e. The second kappa shape index (κ2) is 5.62. The maximum Gasteiger partial charge on any atom is 0.182 e. The summed E-state index contributed by atoms with van der Waals surface area (Å²) in [6.07, 6.45) is 2.26. The van der Waals surface area contributed by atoms with Crippen LogP contribution in [0.15, 0.2) is 24.3 Å². The summed E-state index contributed by atoms with van der Waals surface area (Å²) in [5, 5.41) is 11.9. The maximum absolute atomic E-state index is 5.78. The van der Waals surface area contributed by atoms with Gasteiger partial charge in [-0.15, -0.1) is 5.10 Å². The first kappa shape index (κ1) is 12.5. The Bertz CT molecular complexity index is 504. The predicted octanol–water partition coefficient (Wildman–Crippen LogP) is 2.36. The molecule has 18 heavy (non-hydrogen) atoms. The summed E-state index contributed by atoms with van der Waals surface area (Å²) in [5.41, 5.74) is 7.47. The van der Waals surface area contributed by atoms with Crippen LogP contribution in [0.2, 0.25) is 0 Å². The van der Waals surface area contributed by atoms with E-state index < -0.39 is 0 Å².